The molecule has 2 aromatic carbocycles. The minimum absolute atomic E-state index is 0.0549. The summed E-state index contributed by atoms with van der Waals surface area (Å²) in [6.07, 6.45) is 0. The van der Waals surface area contributed by atoms with Crippen LogP contribution in [0.2, 0.25) is 0 Å². The number of aryl methyl sites for hydroxylation is 2. The van der Waals surface area contributed by atoms with E-state index in [0.29, 0.717) is 24.7 Å². The third-order valence-electron chi connectivity index (χ3n) is 5.00. The van der Waals surface area contributed by atoms with Gasteiger partial charge in [0, 0.05) is 13.1 Å². The van der Waals surface area contributed by atoms with Gasteiger partial charge >= 0.3 is 0 Å². The van der Waals surface area contributed by atoms with Crippen LogP contribution in [0.3, 0.4) is 0 Å². The predicted molar refractivity (Wildman–Crippen MR) is 110 cm³/mol. The van der Waals surface area contributed by atoms with Crippen molar-refractivity contribution in [3.63, 3.8) is 0 Å². The number of amides is 1. The van der Waals surface area contributed by atoms with Gasteiger partial charge in [-0.3, -0.25) is 4.79 Å². The zero-order valence-corrected chi connectivity index (χ0v) is 17.9. The fourth-order valence-electron chi connectivity index (χ4n) is 3.06. The first-order chi connectivity index (χ1) is 13.7. The van der Waals surface area contributed by atoms with Gasteiger partial charge < -0.3 is 14.8 Å². The summed E-state index contributed by atoms with van der Waals surface area (Å²) >= 11 is 0. The minimum Gasteiger partial charge on any atom is -0.486 e. The average molecular weight is 419 g/mol. The molecule has 0 saturated heterocycles. The van der Waals surface area contributed by atoms with Crippen molar-refractivity contribution >= 4 is 15.9 Å². The van der Waals surface area contributed by atoms with Gasteiger partial charge in [-0.2, -0.15) is 4.31 Å². The van der Waals surface area contributed by atoms with Gasteiger partial charge in [-0.05, 0) is 49.6 Å². The molecule has 1 N–H and O–H groups in total. The number of hydrogen-bond acceptors (Lipinski definition) is 5. The lowest BCUT2D eigenvalue weighted by Crippen LogP contribution is -2.39. The highest BCUT2D eigenvalue weighted by molar-refractivity contribution is 7.89. The first-order valence-corrected chi connectivity index (χ1v) is 10.8. The van der Waals surface area contributed by atoms with E-state index in [9.17, 15) is 13.2 Å². The molecule has 0 aliphatic carbocycles. The molecule has 0 spiro atoms. The van der Waals surface area contributed by atoms with Gasteiger partial charge in [-0.1, -0.05) is 18.2 Å². The average Bonchev–Trinajstić information content (AvgIpc) is 2.69. The van der Waals surface area contributed by atoms with E-state index in [4.69, 9.17) is 9.47 Å². The molecule has 0 saturated carbocycles. The molecule has 8 heteroatoms. The zero-order valence-electron chi connectivity index (χ0n) is 17.1. The maximum Gasteiger partial charge on any atom is 0.243 e. The molecule has 0 fully saturated rings. The summed E-state index contributed by atoms with van der Waals surface area (Å²) in [6, 6.07) is 10.2. The highest BCUT2D eigenvalue weighted by Gasteiger charge is 2.26. The first-order valence-electron chi connectivity index (χ1n) is 9.41. The smallest absolute Gasteiger partial charge is 0.243 e. The Morgan fingerprint density at radius 1 is 1.07 bits per heavy atom. The molecule has 1 aliphatic heterocycles. The van der Waals surface area contributed by atoms with Crippen LogP contribution in [-0.2, 0) is 14.8 Å². The van der Waals surface area contributed by atoms with E-state index in [1.54, 1.807) is 6.07 Å². The Morgan fingerprint density at radius 2 is 1.76 bits per heavy atom. The van der Waals surface area contributed by atoms with Crippen molar-refractivity contribution in [3.05, 3.63) is 53.1 Å². The van der Waals surface area contributed by atoms with Crippen LogP contribution in [0.4, 0.5) is 0 Å². The SMILES string of the molecule is Cc1ccc(C(C)NC(=O)CN(C)S(=O)(=O)c2ccc3c(c2)OCCO3)cc1C. The van der Waals surface area contributed by atoms with Crippen LogP contribution in [0.15, 0.2) is 41.3 Å². The lowest BCUT2D eigenvalue weighted by Gasteiger charge is -2.22. The number of carbonyl (C=O) groups excluding carboxylic acids is 1. The molecule has 1 heterocycles. The second-order valence-electron chi connectivity index (χ2n) is 7.20. The molecule has 7 nitrogen and oxygen atoms in total. The molecule has 156 valence electrons. The van der Waals surface area contributed by atoms with Crippen molar-refractivity contribution in [3.8, 4) is 11.5 Å². The number of benzene rings is 2. The molecule has 2 aromatic rings. The van der Waals surface area contributed by atoms with Crippen molar-refractivity contribution in [2.45, 2.75) is 31.7 Å². The Balaban J connectivity index is 1.67. The van der Waals surface area contributed by atoms with E-state index < -0.39 is 10.0 Å². The maximum absolute atomic E-state index is 12.8. The quantitative estimate of drug-likeness (QED) is 0.779. The Morgan fingerprint density at radius 3 is 2.45 bits per heavy atom. The highest BCUT2D eigenvalue weighted by atomic mass is 32.2. The number of ether oxygens (including phenoxy) is 2. The van der Waals surface area contributed by atoms with Gasteiger partial charge in [0.25, 0.3) is 0 Å². The topological polar surface area (TPSA) is 84.9 Å². The van der Waals surface area contributed by atoms with Gasteiger partial charge in [0.2, 0.25) is 15.9 Å². The third-order valence-corrected chi connectivity index (χ3v) is 6.80. The number of fused-ring (bicyclic) bond motifs is 1. The normalized spacial score (nSPS) is 14.5. The number of nitrogens with one attached hydrogen (secondary N) is 1. The number of carbonyl (C=O) groups is 1. The van der Waals surface area contributed by atoms with E-state index >= 15 is 0 Å². The molecular weight excluding hydrogens is 392 g/mol. The molecule has 0 bridgehead atoms. The van der Waals surface area contributed by atoms with Crippen LogP contribution in [0.25, 0.3) is 0 Å². The van der Waals surface area contributed by atoms with Crippen LogP contribution < -0.4 is 14.8 Å². The van der Waals surface area contributed by atoms with Crippen LogP contribution in [0, 0.1) is 13.8 Å². The van der Waals surface area contributed by atoms with Crippen LogP contribution in [-0.4, -0.2) is 45.4 Å². The van der Waals surface area contributed by atoms with E-state index in [-0.39, 0.29) is 23.4 Å². The molecule has 1 atom stereocenters. The molecule has 0 radical (unpaired) electrons. The lowest BCUT2D eigenvalue weighted by molar-refractivity contribution is -0.121. The summed E-state index contributed by atoms with van der Waals surface area (Å²) in [6.45, 7) is 6.42. The summed E-state index contributed by atoms with van der Waals surface area (Å²) in [4.78, 5) is 12.5. The van der Waals surface area contributed by atoms with E-state index in [2.05, 4.69) is 5.32 Å². The molecule has 3 rings (SSSR count). The summed E-state index contributed by atoms with van der Waals surface area (Å²) in [7, 11) is -2.46. The molecular formula is C21H26N2O5S. The van der Waals surface area contributed by atoms with Crippen molar-refractivity contribution < 1.29 is 22.7 Å². The van der Waals surface area contributed by atoms with E-state index in [1.165, 1.54) is 24.7 Å². The highest BCUT2D eigenvalue weighted by Crippen LogP contribution is 2.32. The second-order valence-corrected chi connectivity index (χ2v) is 9.24. The van der Waals surface area contributed by atoms with Crippen LogP contribution in [0.5, 0.6) is 11.5 Å². The second kappa shape index (κ2) is 8.42. The molecule has 29 heavy (non-hydrogen) atoms. The summed E-state index contributed by atoms with van der Waals surface area (Å²) in [5, 5.41) is 2.86. The monoisotopic (exact) mass is 418 g/mol. The van der Waals surface area contributed by atoms with Gasteiger partial charge in [-0.15, -0.1) is 0 Å². The van der Waals surface area contributed by atoms with Crippen LogP contribution >= 0.6 is 0 Å². The summed E-state index contributed by atoms with van der Waals surface area (Å²) in [5.41, 5.74) is 3.29. The van der Waals surface area contributed by atoms with Crippen molar-refractivity contribution in [1.82, 2.24) is 9.62 Å². The Labute approximate surface area is 171 Å². The largest absolute Gasteiger partial charge is 0.486 e. The fourth-order valence-corrected chi connectivity index (χ4v) is 4.20. The van der Waals surface area contributed by atoms with E-state index in [1.807, 2.05) is 39.0 Å². The fraction of sp³-hybridized carbons (Fsp3) is 0.381. The summed E-state index contributed by atoms with van der Waals surface area (Å²) in [5.74, 6) is 0.524. The lowest BCUT2D eigenvalue weighted by atomic mass is 10.0. The van der Waals surface area contributed by atoms with Crippen molar-refractivity contribution in [2.75, 3.05) is 26.8 Å². The number of hydrogen-bond donors (Lipinski definition) is 1. The Kier molecular flexibility index (Phi) is 6.14. The Bertz CT molecular complexity index is 1020. The Hall–Kier alpha value is -2.58. The van der Waals surface area contributed by atoms with Crippen molar-refractivity contribution in [1.29, 1.82) is 0 Å². The van der Waals surface area contributed by atoms with Gasteiger partial charge in [0.15, 0.2) is 11.5 Å². The van der Waals surface area contributed by atoms with E-state index in [0.717, 1.165) is 15.4 Å². The summed E-state index contributed by atoms with van der Waals surface area (Å²) < 4.78 is 37.6. The number of rotatable bonds is 6. The van der Waals surface area contributed by atoms with Gasteiger partial charge in [0.1, 0.15) is 13.2 Å². The van der Waals surface area contributed by atoms with Gasteiger partial charge in [0.05, 0.1) is 17.5 Å². The number of sulfonamides is 1. The van der Waals surface area contributed by atoms with Gasteiger partial charge in [-0.25, -0.2) is 8.42 Å². The first kappa shape index (κ1) is 21.1. The zero-order chi connectivity index (χ0) is 21.2. The standard InChI is InChI=1S/C21H26N2O5S/c1-14-5-6-17(11-15(14)2)16(3)22-21(24)13-23(4)29(25,26)18-7-8-19-20(12-18)28-10-9-27-19/h5-8,11-12,16H,9-10,13H2,1-4H3,(H,22,24). The minimum atomic E-state index is -3.84. The molecule has 1 aliphatic rings. The maximum atomic E-state index is 12.8. The predicted octanol–water partition coefficient (Wildman–Crippen LogP) is 2.57. The number of nitrogens with zero attached hydrogens (tertiary/aromatic N) is 1. The van der Waals surface area contributed by atoms with Crippen molar-refractivity contribution in [2.24, 2.45) is 0 Å². The molecule has 1 unspecified atom stereocenters. The third kappa shape index (κ3) is 4.71. The number of likely N-dealkylation sites (N-methyl/N-ethyl adjacent to an activating group) is 1. The van der Waals surface area contributed by atoms with Crippen LogP contribution in [0.1, 0.15) is 29.7 Å². The molecule has 0 aromatic heterocycles. The molecule has 1 amide bonds.